The van der Waals surface area contributed by atoms with Gasteiger partial charge in [0, 0.05) is 30.1 Å². The van der Waals surface area contributed by atoms with Gasteiger partial charge >= 0.3 is 0 Å². The van der Waals surface area contributed by atoms with Gasteiger partial charge in [-0.15, -0.1) is 0 Å². The molecule has 0 saturated heterocycles. The lowest BCUT2D eigenvalue weighted by molar-refractivity contribution is -0.159. The summed E-state index contributed by atoms with van der Waals surface area (Å²) in [6.07, 6.45) is 7.18. The zero-order valence-electron chi connectivity index (χ0n) is 15.3. The minimum absolute atomic E-state index is 0.102. The second-order valence-corrected chi connectivity index (χ2v) is 9.61. The molecule has 24 heavy (non-hydrogen) atoms. The van der Waals surface area contributed by atoms with Crippen LogP contribution in [0.3, 0.4) is 0 Å². The van der Waals surface area contributed by atoms with Gasteiger partial charge in [-0.05, 0) is 68.6 Å². The number of carbonyl (C=O) groups is 3. The highest BCUT2D eigenvalue weighted by Crippen LogP contribution is 2.64. The summed E-state index contributed by atoms with van der Waals surface area (Å²) in [6, 6.07) is 0. The highest BCUT2D eigenvalue weighted by molar-refractivity contribution is 5.90. The summed E-state index contributed by atoms with van der Waals surface area (Å²) in [7, 11) is 0. The van der Waals surface area contributed by atoms with Crippen LogP contribution in [0.25, 0.3) is 0 Å². The van der Waals surface area contributed by atoms with Crippen molar-refractivity contribution < 1.29 is 14.4 Å². The molecule has 0 unspecified atom stereocenters. The molecule has 0 amide bonds. The zero-order chi connectivity index (χ0) is 17.3. The van der Waals surface area contributed by atoms with Gasteiger partial charge in [-0.1, -0.05) is 13.8 Å². The van der Waals surface area contributed by atoms with E-state index in [1.54, 1.807) is 6.92 Å². The average Bonchev–Trinajstić information content (AvgIpc) is 2.83. The van der Waals surface area contributed by atoms with Crippen molar-refractivity contribution >= 4 is 17.3 Å². The maximum Gasteiger partial charge on any atom is 0.139 e. The summed E-state index contributed by atoms with van der Waals surface area (Å²) in [5.41, 5.74) is -0.0475. The van der Waals surface area contributed by atoms with Gasteiger partial charge in [0.1, 0.15) is 17.3 Å². The Morgan fingerprint density at radius 2 is 1.79 bits per heavy atom. The Labute approximate surface area is 144 Å². The first-order valence-corrected chi connectivity index (χ1v) is 9.84. The van der Waals surface area contributed by atoms with Crippen LogP contribution in [0.5, 0.6) is 0 Å². The number of carbonyl (C=O) groups excluding carboxylic acids is 3. The second kappa shape index (κ2) is 5.25. The first-order chi connectivity index (χ1) is 11.3. The van der Waals surface area contributed by atoms with Crippen LogP contribution in [-0.2, 0) is 14.4 Å². The normalized spacial score (nSPS) is 50.9. The van der Waals surface area contributed by atoms with E-state index in [0.717, 1.165) is 38.5 Å². The summed E-state index contributed by atoms with van der Waals surface area (Å²) in [5.74, 6) is 2.43. The second-order valence-electron chi connectivity index (χ2n) is 9.61. The van der Waals surface area contributed by atoms with Gasteiger partial charge in [-0.3, -0.25) is 14.4 Å². The third-order valence-corrected chi connectivity index (χ3v) is 8.75. The molecule has 0 aromatic heterocycles. The first-order valence-electron chi connectivity index (χ1n) is 9.84. The zero-order valence-corrected chi connectivity index (χ0v) is 15.3. The molecule has 4 aliphatic rings. The van der Waals surface area contributed by atoms with Gasteiger partial charge in [-0.2, -0.15) is 0 Å². The molecule has 4 rings (SSSR count). The molecule has 3 heteroatoms. The SMILES string of the molecule is CC(=O)[C@@H]1CC[C@@]2(C)[C@@H](CC(=O)[C@H]3[C@H]2CC[C@]2(C)C(=O)CC[C@@H]32)C1. The standard InChI is InChI=1S/C21H30O3/c1-12(22)13-6-8-20(2)14(10-13)11-17(23)19-15-4-5-18(24)21(15,3)9-7-16(19)20/h13-16,19H,4-11H2,1-3H3/t13-,14-,15+,16-,19-,20+,21+/m1/s1. The predicted octanol–water partition coefficient (Wildman–Crippen LogP) is 3.98. The Bertz CT molecular complexity index is 608. The van der Waals surface area contributed by atoms with E-state index < -0.39 is 0 Å². The fraction of sp³-hybridized carbons (Fsp3) is 0.857. The van der Waals surface area contributed by atoms with Crippen LogP contribution in [0, 0.1) is 40.4 Å². The molecule has 0 aromatic carbocycles. The molecule has 0 heterocycles. The van der Waals surface area contributed by atoms with E-state index in [0.29, 0.717) is 42.0 Å². The van der Waals surface area contributed by atoms with E-state index in [4.69, 9.17) is 0 Å². The van der Waals surface area contributed by atoms with Crippen LogP contribution in [0.4, 0.5) is 0 Å². The monoisotopic (exact) mass is 330 g/mol. The van der Waals surface area contributed by atoms with E-state index in [1.807, 2.05) is 0 Å². The number of hydrogen-bond acceptors (Lipinski definition) is 3. The van der Waals surface area contributed by atoms with Crippen molar-refractivity contribution in [3.63, 3.8) is 0 Å². The topological polar surface area (TPSA) is 51.2 Å². The number of ketones is 3. The van der Waals surface area contributed by atoms with Crippen LogP contribution in [-0.4, -0.2) is 17.3 Å². The molecule has 0 N–H and O–H groups in total. The number of hydrogen-bond donors (Lipinski definition) is 0. The van der Waals surface area contributed by atoms with Gasteiger partial charge in [0.25, 0.3) is 0 Å². The minimum Gasteiger partial charge on any atom is -0.300 e. The summed E-state index contributed by atoms with van der Waals surface area (Å²) >= 11 is 0. The molecule has 7 atom stereocenters. The van der Waals surface area contributed by atoms with Crippen molar-refractivity contribution in [2.24, 2.45) is 40.4 Å². The Balaban J connectivity index is 1.66. The first kappa shape index (κ1) is 16.5. The van der Waals surface area contributed by atoms with Crippen LogP contribution >= 0.6 is 0 Å². The predicted molar refractivity (Wildman–Crippen MR) is 91.3 cm³/mol. The fourth-order valence-electron chi connectivity index (χ4n) is 7.07. The molecule has 4 aliphatic carbocycles. The van der Waals surface area contributed by atoms with Crippen LogP contribution in [0.1, 0.15) is 72.1 Å². The molecule has 132 valence electrons. The van der Waals surface area contributed by atoms with Crippen LogP contribution in [0.2, 0.25) is 0 Å². The molecule has 4 fully saturated rings. The molecular formula is C21H30O3. The van der Waals surface area contributed by atoms with E-state index >= 15 is 0 Å². The number of fused-ring (bicyclic) bond motifs is 5. The van der Waals surface area contributed by atoms with E-state index in [1.165, 1.54) is 0 Å². The lowest BCUT2D eigenvalue weighted by Gasteiger charge is -2.59. The fourth-order valence-corrected chi connectivity index (χ4v) is 7.07. The third-order valence-electron chi connectivity index (χ3n) is 8.75. The van der Waals surface area contributed by atoms with Crippen molar-refractivity contribution in [1.82, 2.24) is 0 Å². The van der Waals surface area contributed by atoms with E-state index in [9.17, 15) is 14.4 Å². The summed E-state index contributed by atoms with van der Waals surface area (Å²) in [6.45, 7) is 6.21. The van der Waals surface area contributed by atoms with Crippen molar-refractivity contribution in [2.75, 3.05) is 0 Å². The van der Waals surface area contributed by atoms with Crippen molar-refractivity contribution in [2.45, 2.75) is 72.1 Å². The minimum atomic E-state index is -0.239. The molecule has 0 aromatic rings. The lowest BCUT2D eigenvalue weighted by Crippen LogP contribution is -2.57. The van der Waals surface area contributed by atoms with Crippen molar-refractivity contribution in [1.29, 1.82) is 0 Å². The summed E-state index contributed by atoms with van der Waals surface area (Å²) in [5, 5.41) is 0. The smallest absolute Gasteiger partial charge is 0.139 e. The Morgan fingerprint density at radius 3 is 2.50 bits per heavy atom. The van der Waals surface area contributed by atoms with Crippen molar-refractivity contribution in [3.8, 4) is 0 Å². The Morgan fingerprint density at radius 1 is 1.04 bits per heavy atom. The molecule has 3 nitrogen and oxygen atoms in total. The maximum absolute atomic E-state index is 13.1. The van der Waals surface area contributed by atoms with Crippen LogP contribution in [0.15, 0.2) is 0 Å². The number of rotatable bonds is 1. The third kappa shape index (κ3) is 2.05. The highest BCUT2D eigenvalue weighted by Gasteiger charge is 2.62. The lowest BCUT2D eigenvalue weighted by atomic mass is 9.44. The van der Waals surface area contributed by atoms with E-state index in [-0.39, 0.29) is 28.6 Å². The summed E-state index contributed by atoms with van der Waals surface area (Å²) in [4.78, 5) is 37.4. The molecular weight excluding hydrogens is 300 g/mol. The van der Waals surface area contributed by atoms with Gasteiger partial charge in [-0.25, -0.2) is 0 Å². The summed E-state index contributed by atoms with van der Waals surface area (Å²) < 4.78 is 0. The van der Waals surface area contributed by atoms with E-state index in [2.05, 4.69) is 13.8 Å². The average molecular weight is 330 g/mol. The van der Waals surface area contributed by atoms with Gasteiger partial charge in [0.2, 0.25) is 0 Å². The largest absolute Gasteiger partial charge is 0.300 e. The molecule has 0 spiro atoms. The van der Waals surface area contributed by atoms with Gasteiger partial charge < -0.3 is 0 Å². The molecule has 0 radical (unpaired) electrons. The number of Topliss-reactive ketones (excluding diaryl/α,β-unsaturated/α-hetero) is 3. The molecule has 4 saturated carbocycles. The van der Waals surface area contributed by atoms with Crippen molar-refractivity contribution in [3.05, 3.63) is 0 Å². The Hall–Kier alpha value is -0.990. The van der Waals surface area contributed by atoms with Gasteiger partial charge in [0.05, 0.1) is 0 Å². The van der Waals surface area contributed by atoms with Gasteiger partial charge in [0.15, 0.2) is 0 Å². The molecule has 0 aliphatic heterocycles. The highest BCUT2D eigenvalue weighted by atomic mass is 16.1. The Kier molecular flexibility index (Phi) is 3.61. The maximum atomic E-state index is 13.1. The van der Waals surface area contributed by atoms with Crippen LogP contribution < -0.4 is 0 Å². The molecule has 0 bridgehead atoms. The quantitative estimate of drug-likeness (QED) is 0.730.